The van der Waals surface area contributed by atoms with Crippen LogP contribution in [0.3, 0.4) is 0 Å². The molecule has 0 aromatic heterocycles. The van der Waals surface area contributed by atoms with Gasteiger partial charge in [0.1, 0.15) is 6.04 Å². The molecule has 4 aliphatic rings. The van der Waals surface area contributed by atoms with Gasteiger partial charge in [-0.3, -0.25) is 9.59 Å². The number of Topliss-reactive ketones (excluding diaryl/α,β-unsaturated/α-hetero) is 1. The summed E-state index contributed by atoms with van der Waals surface area (Å²) in [7, 11) is 0. The van der Waals surface area contributed by atoms with E-state index in [1.807, 2.05) is 13.8 Å². The second-order valence-corrected chi connectivity index (χ2v) is 10.3. The molecule has 1 aromatic carbocycles. The molecule has 4 fully saturated rings. The van der Waals surface area contributed by atoms with Gasteiger partial charge in [0.2, 0.25) is 0 Å². The van der Waals surface area contributed by atoms with E-state index in [2.05, 4.69) is 5.32 Å². The summed E-state index contributed by atoms with van der Waals surface area (Å²) in [5.41, 5.74) is 0.0191. The Morgan fingerprint density at radius 3 is 2.17 bits per heavy atom. The zero-order valence-corrected chi connectivity index (χ0v) is 18.4. The van der Waals surface area contributed by atoms with Crippen molar-refractivity contribution < 1.29 is 19.1 Å². The molecule has 0 saturated heterocycles. The van der Waals surface area contributed by atoms with E-state index in [1.165, 1.54) is 19.3 Å². The summed E-state index contributed by atoms with van der Waals surface area (Å²) in [4.78, 5) is 38.4. The first kappa shape index (κ1) is 21.4. The van der Waals surface area contributed by atoms with Crippen LogP contribution >= 0.6 is 11.6 Å². The molecule has 0 heterocycles. The third kappa shape index (κ3) is 4.14. The number of ketones is 1. The van der Waals surface area contributed by atoms with Crippen LogP contribution in [0.1, 0.15) is 62.7 Å². The molecule has 1 N–H and O–H groups in total. The van der Waals surface area contributed by atoms with Gasteiger partial charge in [-0.25, -0.2) is 4.79 Å². The molecular formula is C24H30ClNO4. The largest absolute Gasteiger partial charge is 0.456 e. The van der Waals surface area contributed by atoms with Gasteiger partial charge >= 0.3 is 5.97 Å². The summed E-state index contributed by atoms with van der Waals surface area (Å²) in [6.07, 6.45) is 6.63. The molecule has 6 heteroatoms. The van der Waals surface area contributed by atoms with E-state index in [9.17, 15) is 14.4 Å². The number of benzene rings is 1. The van der Waals surface area contributed by atoms with Crippen LogP contribution in [0.5, 0.6) is 0 Å². The Hall–Kier alpha value is -1.88. The lowest BCUT2D eigenvalue weighted by Crippen LogP contribution is -2.51. The van der Waals surface area contributed by atoms with Crippen molar-refractivity contribution in [3.63, 3.8) is 0 Å². The van der Waals surface area contributed by atoms with Gasteiger partial charge in [-0.2, -0.15) is 0 Å². The molecule has 0 aliphatic heterocycles. The van der Waals surface area contributed by atoms with Crippen LogP contribution in [0.4, 0.5) is 0 Å². The predicted molar refractivity (Wildman–Crippen MR) is 114 cm³/mol. The number of hydrogen-bond acceptors (Lipinski definition) is 4. The summed E-state index contributed by atoms with van der Waals surface area (Å²) in [5.74, 6) is 0.873. The minimum atomic E-state index is -0.835. The second kappa shape index (κ2) is 8.33. The van der Waals surface area contributed by atoms with Gasteiger partial charge in [-0.15, -0.1) is 0 Å². The lowest BCUT2D eigenvalue weighted by Gasteiger charge is -2.55. The molecule has 0 radical (unpaired) electrons. The number of carbonyl (C=O) groups excluding carboxylic acids is 3. The molecule has 0 spiro atoms. The lowest BCUT2D eigenvalue weighted by atomic mass is 9.48. The molecule has 162 valence electrons. The maximum atomic E-state index is 13.1. The number of amides is 1. The van der Waals surface area contributed by atoms with Crippen molar-refractivity contribution in [1.82, 2.24) is 5.32 Å². The molecule has 1 atom stereocenters. The van der Waals surface area contributed by atoms with Crippen molar-refractivity contribution in [3.05, 3.63) is 34.9 Å². The maximum Gasteiger partial charge on any atom is 0.329 e. The van der Waals surface area contributed by atoms with Gasteiger partial charge in [0.15, 0.2) is 12.4 Å². The van der Waals surface area contributed by atoms with Gasteiger partial charge in [0, 0.05) is 5.41 Å². The predicted octanol–water partition coefficient (Wildman–Crippen LogP) is 4.42. The second-order valence-electron chi connectivity index (χ2n) is 9.90. The number of ether oxygens (including phenoxy) is 1. The molecule has 4 saturated carbocycles. The van der Waals surface area contributed by atoms with Crippen LogP contribution in [0, 0.1) is 29.1 Å². The first-order chi connectivity index (χ1) is 14.3. The van der Waals surface area contributed by atoms with Crippen LogP contribution in [0.2, 0.25) is 5.02 Å². The smallest absolute Gasteiger partial charge is 0.329 e. The Balaban J connectivity index is 1.37. The van der Waals surface area contributed by atoms with Crippen molar-refractivity contribution in [2.75, 3.05) is 6.61 Å². The summed E-state index contributed by atoms with van der Waals surface area (Å²) in [6.45, 7) is 3.47. The number of esters is 1. The van der Waals surface area contributed by atoms with Crippen LogP contribution in [-0.2, 0) is 14.3 Å². The van der Waals surface area contributed by atoms with Crippen molar-refractivity contribution in [3.8, 4) is 0 Å². The Labute approximate surface area is 182 Å². The average Bonchev–Trinajstić information content (AvgIpc) is 2.68. The van der Waals surface area contributed by atoms with Gasteiger partial charge in [0.05, 0.1) is 10.6 Å². The minimum absolute atomic E-state index is 0.0647. The number of nitrogens with one attached hydrogen (secondary N) is 1. The lowest BCUT2D eigenvalue weighted by molar-refractivity contribution is -0.159. The highest BCUT2D eigenvalue weighted by molar-refractivity contribution is 6.33. The SMILES string of the molecule is CC(C)[C@H](NC(=O)c1ccccc1Cl)C(=O)OCC(=O)C12CC3CC(CC(C3)C1)C2. The topological polar surface area (TPSA) is 72.5 Å². The molecule has 0 unspecified atom stereocenters. The van der Waals surface area contributed by atoms with E-state index in [0.29, 0.717) is 28.3 Å². The zero-order chi connectivity index (χ0) is 21.5. The Morgan fingerprint density at radius 1 is 1.07 bits per heavy atom. The Morgan fingerprint density at radius 2 is 1.63 bits per heavy atom. The van der Waals surface area contributed by atoms with E-state index in [4.69, 9.17) is 16.3 Å². The standard InChI is InChI=1S/C24H30ClNO4/c1-14(2)21(26-22(28)18-5-3-4-6-19(18)25)23(29)30-13-20(27)24-10-15-7-16(11-24)9-17(8-15)12-24/h3-6,14-17,21H,7-13H2,1-2H3,(H,26,28)/t15?,16?,17?,21-,24?/m0/s1. The molecule has 4 aliphatic carbocycles. The summed E-state index contributed by atoms with van der Waals surface area (Å²) in [6, 6.07) is 5.86. The van der Waals surface area contributed by atoms with E-state index in [1.54, 1.807) is 24.3 Å². The zero-order valence-electron chi connectivity index (χ0n) is 17.7. The van der Waals surface area contributed by atoms with Gasteiger partial charge in [-0.1, -0.05) is 37.6 Å². The molecule has 1 aromatic rings. The van der Waals surface area contributed by atoms with Crippen molar-refractivity contribution >= 4 is 29.3 Å². The molecule has 5 rings (SSSR count). The molecular weight excluding hydrogens is 402 g/mol. The van der Waals surface area contributed by atoms with Crippen molar-refractivity contribution in [1.29, 1.82) is 0 Å². The van der Waals surface area contributed by atoms with Crippen LogP contribution in [-0.4, -0.2) is 30.3 Å². The number of carbonyl (C=O) groups is 3. The maximum absolute atomic E-state index is 13.1. The number of rotatable bonds is 7. The van der Waals surface area contributed by atoms with Gasteiger partial charge in [-0.05, 0) is 74.3 Å². The highest BCUT2D eigenvalue weighted by Crippen LogP contribution is 2.60. The molecule has 30 heavy (non-hydrogen) atoms. The van der Waals surface area contributed by atoms with E-state index < -0.39 is 17.9 Å². The molecule has 5 nitrogen and oxygen atoms in total. The summed E-state index contributed by atoms with van der Waals surface area (Å²) in [5, 5.41) is 3.05. The van der Waals surface area contributed by atoms with Gasteiger partial charge < -0.3 is 10.1 Å². The fourth-order valence-electron chi connectivity index (χ4n) is 6.19. The van der Waals surface area contributed by atoms with E-state index in [0.717, 1.165) is 19.3 Å². The average molecular weight is 432 g/mol. The Kier molecular flexibility index (Phi) is 5.93. The number of halogens is 1. The van der Waals surface area contributed by atoms with Crippen LogP contribution in [0.15, 0.2) is 24.3 Å². The van der Waals surface area contributed by atoms with Crippen LogP contribution < -0.4 is 5.32 Å². The van der Waals surface area contributed by atoms with Crippen molar-refractivity contribution in [2.24, 2.45) is 29.1 Å². The number of hydrogen-bond donors (Lipinski definition) is 1. The Bertz CT molecular complexity index is 814. The third-order valence-corrected chi connectivity index (χ3v) is 7.63. The monoisotopic (exact) mass is 431 g/mol. The fourth-order valence-corrected chi connectivity index (χ4v) is 6.42. The quantitative estimate of drug-likeness (QED) is 0.648. The van der Waals surface area contributed by atoms with E-state index >= 15 is 0 Å². The third-order valence-electron chi connectivity index (χ3n) is 7.30. The fraction of sp³-hybridized carbons (Fsp3) is 0.625. The van der Waals surface area contributed by atoms with Gasteiger partial charge in [0.25, 0.3) is 5.91 Å². The first-order valence-corrected chi connectivity index (χ1v) is 11.4. The van der Waals surface area contributed by atoms with E-state index in [-0.39, 0.29) is 23.7 Å². The first-order valence-electron chi connectivity index (χ1n) is 11.0. The summed E-state index contributed by atoms with van der Waals surface area (Å²) < 4.78 is 5.45. The van der Waals surface area contributed by atoms with Crippen molar-refractivity contribution in [2.45, 2.75) is 58.4 Å². The minimum Gasteiger partial charge on any atom is -0.456 e. The summed E-state index contributed by atoms with van der Waals surface area (Å²) >= 11 is 6.09. The normalized spacial score (nSPS) is 30.2. The molecule has 1 amide bonds. The highest BCUT2D eigenvalue weighted by atomic mass is 35.5. The van der Waals surface area contributed by atoms with Crippen LogP contribution in [0.25, 0.3) is 0 Å². The highest BCUT2D eigenvalue weighted by Gasteiger charge is 2.54. The molecule has 4 bridgehead atoms.